The maximum atomic E-state index is 12.5. The van der Waals surface area contributed by atoms with E-state index in [0.717, 1.165) is 41.5 Å². The second-order valence-corrected chi connectivity index (χ2v) is 7.20. The molecule has 0 saturated heterocycles. The van der Waals surface area contributed by atoms with Crippen LogP contribution < -0.4 is 10.1 Å². The quantitative estimate of drug-likeness (QED) is 0.779. The Kier molecular flexibility index (Phi) is 3.94. The standard InChI is InChI=1S/C19H17N3O2S/c1-24-13-5-6-16-12(9-13)7-8-22(16)11-18(23)21-19-15(10-20)14-3-2-4-17(14)25-19/h5-9H,2-4,11H2,1H3,(H,21,23). The number of nitrogens with zero attached hydrogens (tertiary/aromatic N) is 2. The number of benzene rings is 1. The van der Waals surface area contributed by atoms with Crippen LogP contribution in [0.3, 0.4) is 0 Å². The number of carbonyl (C=O) groups excluding carboxylic acids is 1. The molecule has 2 aromatic heterocycles. The molecule has 0 spiro atoms. The minimum atomic E-state index is -0.121. The molecule has 6 heteroatoms. The zero-order valence-electron chi connectivity index (χ0n) is 13.8. The largest absolute Gasteiger partial charge is 0.497 e. The number of hydrogen-bond donors (Lipinski definition) is 1. The van der Waals surface area contributed by atoms with Gasteiger partial charge in [-0.1, -0.05) is 0 Å². The van der Waals surface area contributed by atoms with Crippen LogP contribution in [0.1, 0.15) is 22.4 Å². The zero-order valence-corrected chi connectivity index (χ0v) is 14.7. The van der Waals surface area contributed by atoms with Crippen molar-refractivity contribution in [1.82, 2.24) is 4.57 Å². The number of aryl methyl sites for hydroxylation is 1. The number of carbonyl (C=O) groups is 1. The summed E-state index contributed by atoms with van der Waals surface area (Å²) in [7, 11) is 1.64. The van der Waals surface area contributed by atoms with E-state index in [2.05, 4.69) is 11.4 Å². The summed E-state index contributed by atoms with van der Waals surface area (Å²) in [6.07, 6.45) is 4.94. The van der Waals surface area contributed by atoms with E-state index in [1.54, 1.807) is 18.4 Å². The van der Waals surface area contributed by atoms with Crippen molar-refractivity contribution in [2.24, 2.45) is 0 Å². The number of fused-ring (bicyclic) bond motifs is 2. The molecule has 0 saturated carbocycles. The molecule has 0 fully saturated rings. The lowest BCUT2D eigenvalue weighted by atomic mass is 10.1. The van der Waals surface area contributed by atoms with E-state index in [9.17, 15) is 10.1 Å². The number of nitrogens with one attached hydrogen (secondary N) is 1. The van der Waals surface area contributed by atoms with E-state index in [4.69, 9.17) is 4.74 Å². The smallest absolute Gasteiger partial charge is 0.244 e. The first kappa shape index (κ1) is 15.7. The number of rotatable bonds is 4. The molecule has 0 unspecified atom stereocenters. The lowest BCUT2D eigenvalue weighted by molar-refractivity contribution is -0.116. The summed E-state index contributed by atoms with van der Waals surface area (Å²) in [5.74, 6) is 0.672. The Labute approximate surface area is 149 Å². The average molecular weight is 351 g/mol. The Balaban J connectivity index is 1.54. The maximum Gasteiger partial charge on any atom is 0.244 e. The molecule has 1 aromatic carbocycles. The third-order valence-corrected chi connectivity index (χ3v) is 5.79. The van der Waals surface area contributed by atoms with Gasteiger partial charge in [0.05, 0.1) is 12.7 Å². The summed E-state index contributed by atoms with van der Waals surface area (Å²) in [6.45, 7) is 0.212. The predicted molar refractivity (Wildman–Crippen MR) is 98.2 cm³/mol. The molecule has 4 rings (SSSR count). The number of anilines is 1. The van der Waals surface area contributed by atoms with E-state index in [1.165, 1.54) is 4.88 Å². The van der Waals surface area contributed by atoms with E-state index in [-0.39, 0.29) is 12.5 Å². The van der Waals surface area contributed by atoms with Crippen molar-refractivity contribution in [3.05, 3.63) is 46.5 Å². The van der Waals surface area contributed by atoms with E-state index < -0.39 is 0 Å². The summed E-state index contributed by atoms with van der Waals surface area (Å²) in [4.78, 5) is 13.7. The van der Waals surface area contributed by atoms with Crippen LogP contribution in [0.2, 0.25) is 0 Å². The van der Waals surface area contributed by atoms with Gasteiger partial charge in [0.2, 0.25) is 5.91 Å². The molecule has 2 heterocycles. The van der Waals surface area contributed by atoms with Crippen LogP contribution in [0.25, 0.3) is 10.9 Å². The zero-order chi connectivity index (χ0) is 17.4. The van der Waals surface area contributed by atoms with E-state index in [0.29, 0.717) is 10.6 Å². The SMILES string of the molecule is COc1ccc2c(ccn2CC(=O)Nc2sc3c(c2C#N)CCC3)c1. The Morgan fingerprint density at radius 2 is 2.28 bits per heavy atom. The van der Waals surface area contributed by atoms with E-state index >= 15 is 0 Å². The monoisotopic (exact) mass is 351 g/mol. The Morgan fingerprint density at radius 3 is 3.08 bits per heavy atom. The van der Waals surface area contributed by atoms with Crippen molar-refractivity contribution in [3.8, 4) is 11.8 Å². The molecule has 0 bridgehead atoms. The summed E-state index contributed by atoms with van der Waals surface area (Å²) in [5.41, 5.74) is 2.75. The van der Waals surface area contributed by atoms with Crippen LogP contribution in [-0.2, 0) is 24.2 Å². The van der Waals surface area contributed by atoms with Crippen molar-refractivity contribution in [2.45, 2.75) is 25.8 Å². The number of methoxy groups -OCH3 is 1. The summed E-state index contributed by atoms with van der Waals surface area (Å²) < 4.78 is 7.13. The average Bonchev–Trinajstić information content (AvgIpc) is 3.29. The minimum absolute atomic E-state index is 0.121. The molecule has 5 nitrogen and oxygen atoms in total. The van der Waals surface area contributed by atoms with E-state index in [1.807, 2.05) is 35.0 Å². The minimum Gasteiger partial charge on any atom is -0.497 e. The lowest BCUT2D eigenvalue weighted by Crippen LogP contribution is -2.18. The molecular weight excluding hydrogens is 334 g/mol. The lowest BCUT2D eigenvalue weighted by Gasteiger charge is -2.07. The number of nitriles is 1. The van der Waals surface area contributed by atoms with Gasteiger partial charge in [0.1, 0.15) is 23.4 Å². The topological polar surface area (TPSA) is 67.0 Å². The van der Waals surface area contributed by atoms with Crippen LogP contribution in [0.5, 0.6) is 5.75 Å². The number of hydrogen-bond acceptors (Lipinski definition) is 4. The van der Waals surface area contributed by atoms with Crippen LogP contribution >= 0.6 is 11.3 Å². The summed E-state index contributed by atoms with van der Waals surface area (Å²) in [6, 6.07) is 10.00. The molecule has 0 atom stereocenters. The fourth-order valence-corrected chi connectivity index (χ4v) is 4.63. The fourth-order valence-electron chi connectivity index (χ4n) is 3.37. The maximum absolute atomic E-state index is 12.5. The molecule has 126 valence electrons. The molecule has 3 aromatic rings. The van der Waals surface area contributed by atoms with Gasteiger partial charge >= 0.3 is 0 Å². The first-order chi connectivity index (χ1) is 12.2. The first-order valence-electron chi connectivity index (χ1n) is 8.17. The second-order valence-electron chi connectivity index (χ2n) is 6.09. The van der Waals surface area contributed by atoms with Gasteiger partial charge < -0.3 is 14.6 Å². The normalized spacial score (nSPS) is 12.8. The Morgan fingerprint density at radius 1 is 1.40 bits per heavy atom. The number of ether oxygens (including phenoxy) is 1. The van der Waals surface area contributed by atoms with Crippen LogP contribution in [0.4, 0.5) is 5.00 Å². The molecule has 1 aliphatic carbocycles. The highest BCUT2D eigenvalue weighted by molar-refractivity contribution is 7.16. The third kappa shape index (κ3) is 2.77. The number of aromatic nitrogens is 1. The molecule has 25 heavy (non-hydrogen) atoms. The van der Waals surface area contributed by atoms with Crippen LogP contribution in [0.15, 0.2) is 30.5 Å². The molecule has 1 aliphatic rings. The highest BCUT2D eigenvalue weighted by Crippen LogP contribution is 2.38. The van der Waals surface area contributed by atoms with Gasteiger partial charge in [0, 0.05) is 22.0 Å². The molecular formula is C19H17N3O2S. The Bertz CT molecular complexity index is 1010. The fraction of sp³-hybridized carbons (Fsp3) is 0.263. The molecule has 1 N–H and O–H groups in total. The van der Waals surface area contributed by atoms with Crippen molar-refractivity contribution in [1.29, 1.82) is 5.26 Å². The van der Waals surface area contributed by atoms with Crippen molar-refractivity contribution >= 4 is 33.1 Å². The number of thiophene rings is 1. The Hall–Kier alpha value is -2.78. The predicted octanol–water partition coefficient (Wildman–Crippen LogP) is 3.71. The van der Waals surface area contributed by atoms with Gasteiger partial charge in [0.25, 0.3) is 0 Å². The van der Waals surface area contributed by atoms with Gasteiger partial charge in [-0.15, -0.1) is 11.3 Å². The molecule has 0 aliphatic heterocycles. The highest BCUT2D eigenvalue weighted by atomic mass is 32.1. The highest BCUT2D eigenvalue weighted by Gasteiger charge is 2.23. The molecule has 0 radical (unpaired) electrons. The first-order valence-corrected chi connectivity index (χ1v) is 8.98. The van der Waals surface area contributed by atoms with Gasteiger partial charge in [-0.25, -0.2) is 0 Å². The summed E-state index contributed by atoms with van der Waals surface area (Å²) >= 11 is 1.54. The van der Waals surface area contributed by atoms with Crippen molar-refractivity contribution in [2.75, 3.05) is 12.4 Å². The summed E-state index contributed by atoms with van der Waals surface area (Å²) in [5, 5.41) is 14.1. The van der Waals surface area contributed by atoms with Crippen molar-refractivity contribution in [3.63, 3.8) is 0 Å². The van der Waals surface area contributed by atoms with Gasteiger partial charge in [-0.2, -0.15) is 5.26 Å². The number of amides is 1. The second kappa shape index (κ2) is 6.26. The van der Waals surface area contributed by atoms with Crippen molar-refractivity contribution < 1.29 is 9.53 Å². The molecule has 1 amide bonds. The van der Waals surface area contributed by atoms with Gasteiger partial charge in [-0.3, -0.25) is 4.79 Å². The third-order valence-electron chi connectivity index (χ3n) is 4.58. The van der Waals surface area contributed by atoms with Crippen LogP contribution in [0, 0.1) is 11.3 Å². The van der Waals surface area contributed by atoms with Gasteiger partial charge in [-0.05, 0) is 49.1 Å². The van der Waals surface area contributed by atoms with Crippen LogP contribution in [-0.4, -0.2) is 17.6 Å². The van der Waals surface area contributed by atoms with Gasteiger partial charge in [0.15, 0.2) is 0 Å².